The lowest BCUT2D eigenvalue weighted by atomic mass is 9.97. The molecule has 0 aliphatic carbocycles. The van der Waals surface area contributed by atoms with Gasteiger partial charge in [-0.05, 0) is 60.3 Å². The molecule has 1 aliphatic heterocycles. The van der Waals surface area contributed by atoms with E-state index in [0.717, 1.165) is 5.56 Å². The van der Waals surface area contributed by atoms with Crippen molar-refractivity contribution in [3.05, 3.63) is 51.0 Å². The van der Waals surface area contributed by atoms with E-state index in [4.69, 9.17) is 11.6 Å². The van der Waals surface area contributed by atoms with Crippen molar-refractivity contribution in [3.63, 3.8) is 0 Å². The second kappa shape index (κ2) is 9.36. The molecule has 0 bridgehead atoms. The first-order valence-electron chi connectivity index (χ1n) is 9.69. The Morgan fingerprint density at radius 2 is 1.80 bits per heavy atom. The molecule has 2 heterocycles. The lowest BCUT2D eigenvalue weighted by molar-refractivity contribution is 0.0688. The maximum Gasteiger partial charge on any atom is 0.407 e. The summed E-state index contributed by atoms with van der Waals surface area (Å²) in [7, 11) is 0. The molecule has 0 spiro atoms. The maximum atomic E-state index is 12.0. The van der Waals surface area contributed by atoms with Crippen molar-refractivity contribution < 1.29 is 19.8 Å². The Kier molecular flexibility index (Phi) is 7.05. The lowest BCUT2D eigenvalue weighted by Crippen LogP contribution is -2.46. The van der Waals surface area contributed by atoms with Gasteiger partial charge in [0.2, 0.25) is 0 Å². The van der Waals surface area contributed by atoms with Gasteiger partial charge in [0.25, 0.3) is 0 Å². The summed E-state index contributed by atoms with van der Waals surface area (Å²) in [4.78, 5) is 28.9. The zero-order valence-corrected chi connectivity index (χ0v) is 19.0. The molecular weight excluding hydrogens is 476 g/mol. The molecule has 3 N–H and O–H groups in total. The van der Waals surface area contributed by atoms with Crippen molar-refractivity contribution in [1.29, 1.82) is 0 Å². The molecule has 1 unspecified atom stereocenters. The molecule has 1 aliphatic rings. The molecule has 10 heteroatoms. The average Bonchev–Trinajstić information content (AvgIpc) is 3.04. The Hall–Kier alpha value is -2.10. The van der Waals surface area contributed by atoms with E-state index in [1.165, 1.54) is 4.90 Å². The summed E-state index contributed by atoms with van der Waals surface area (Å²) in [5.41, 5.74) is 1.38. The van der Waals surface area contributed by atoms with E-state index in [2.05, 4.69) is 26.2 Å². The molecule has 1 atom stereocenters. The third kappa shape index (κ3) is 4.79. The van der Waals surface area contributed by atoms with Crippen LogP contribution in [-0.2, 0) is 0 Å². The predicted molar refractivity (Wildman–Crippen MR) is 116 cm³/mol. The minimum Gasteiger partial charge on any atom is -0.476 e. The number of amides is 1. The van der Waals surface area contributed by atoms with Gasteiger partial charge in [0.1, 0.15) is 0 Å². The zero-order valence-electron chi connectivity index (χ0n) is 16.7. The van der Waals surface area contributed by atoms with E-state index >= 15 is 0 Å². The molecular formula is C20H24BrClN4O4. The van der Waals surface area contributed by atoms with E-state index in [1.807, 2.05) is 30.5 Å². The molecule has 30 heavy (non-hydrogen) atoms. The van der Waals surface area contributed by atoms with Crippen LogP contribution >= 0.6 is 27.5 Å². The van der Waals surface area contributed by atoms with Crippen LogP contribution in [0, 0.1) is 0 Å². The molecule has 1 aromatic carbocycles. The largest absolute Gasteiger partial charge is 0.476 e. The number of nitrogens with zero attached hydrogens (tertiary/aromatic N) is 3. The quantitative estimate of drug-likeness (QED) is 0.544. The van der Waals surface area contributed by atoms with Gasteiger partial charge in [-0.2, -0.15) is 0 Å². The second-order valence-electron chi connectivity index (χ2n) is 7.58. The number of carboxylic acid groups (broad SMARTS) is 2. The summed E-state index contributed by atoms with van der Waals surface area (Å²) in [5, 5.41) is 23.2. The summed E-state index contributed by atoms with van der Waals surface area (Å²) in [5.74, 6) is -1.11. The molecule has 0 saturated carbocycles. The van der Waals surface area contributed by atoms with Gasteiger partial charge in [-0.1, -0.05) is 23.7 Å². The Balaban J connectivity index is 2.02. The van der Waals surface area contributed by atoms with Gasteiger partial charge in [0, 0.05) is 30.2 Å². The number of aromatic carboxylic acids is 1. The third-order valence-corrected chi connectivity index (χ3v) is 6.08. The number of imidazole rings is 1. The van der Waals surface area contributed by atoms with E-state index in [9.17, 15) is 19.8 Å². The van der Waals surface area contributed by atoms with E-state index < -0.39 is 18.1 Å². The van der Waals surface area contributed by atoms with E-state index in [-0.39, 0.29) is 17.8 Å². The number of hydrogen-bond acceptors (Lipinski definition) is 4. The number of carboxylic acids is 1. The topological polar surface area (TPSA) is 108 Å². The number of carbonyl (C=O) groups is 2. The SMILES string of the molecule is CC(C)n1c(Br)nc(C(=O)O)c1C(NC1CCN(C(=O)O)CC1)c1ccc(Cl)cc1. The summed E-state index contributed by atoms with van der Waals surface area (Å²) >= 11 is 9.47. The van der Waals surface area contributed by atoms with Gasteiger partial charge >= 0.3 is 12.1 Å². The van der Waals surface area contributed by atoms with Crippen LogP contribution in [0.2, 0.25) is 5.02 Å². The van der Waals surface area contributed by atoms with E-state index in [1.54, 1.807) is 12.1 Å². The number of likely N-dealkylation sites (tertiary alicyclic amines) is 1. The molecule has 2 aromatic rings. The monoisotopic (exact) mass is 498 g/mol. The summed E-state index contributed by atoms with van der Waals surface area (Å²) in [6.45, 7) is 4.79. The number of benzene rings is 1. The second-order valence-corrected chi connectivity index (χ2v) is 8.72. The Morgan fingerprint density at radius 1 is 1.20 bits per heavy atom. The number of hydrogen-bond donors (Lipinski definition) is 3. The van der Waals surface area contributed by atoms with E-state index in [0.29, 0.717) is 41.4 Å². The minimum absolute atomic E-state index is 0.0222. The molecule has 1 amide bonds. The highest BCUT2D eigenvalue weighted by Gasteiger charge is 2.32. The van der Waals surface area contributed by atoms with Gasteiger partial charge in [0.05, 0.1) is 11.7 Å². The van der Waals surface area contributed by atoms with Crippen molar-refractivity contribution in [3.8, 4) is 0 Å². The van der Waals surface area contributed by atoms with Gasteiger partial charge in [-0.25, -0.2) is 14.6 Å². The number of halogens is 2. The molecule has 162 valence electrons. The fraction of sp³-hybridized carbons (Fsp3) is 0.450. The summed E-state index contributed by atoms with van der Waals surface area (Å²) < 4.78 is 2.31. The molecule has 1 aromatic heterocycles. The number of rotatable bonds is 6. The molecule has 3 rings (SSSR count). The first-order valence-corrected chi connectivity index (χ1v) is 10.9. The lowest BCUT2D eigenvalue weighted by Gasteiger charge is -2.34. The van der Waals surface area contributed by atoms with Crippen LogP contribution in [0.15, 0.2) is 29.0 Å². The minimum atomic E-state index is -1.11. The van der Waals surface area contributed by atoms with Crippen LogP contribution < -0.4 is 5.32 Å². The van der Waals surface area contributed by atoms with Crippen LogP contribution in [0.5, 0.6) is 0 Å². The van der Waals surface area contributed by atoms with Crippen LogP contribution in [0.25, 0.3) is 0 Å². The van der Waals surface area contributed by atoms with Crippen molar-refractivity contribution >= 4 is 39.6 Å². The van der Waals surface area contributed by atoms with Gasteiger partial charge < -0.3 is 25.0 Å². The first kappa shape index (κ1) is 22.6. The number of aromatic nitrogens is 2. The number of piperidine rings is 1. The summed E-state index contributed by atoms with van der Waals surface area (Å²) in [6.07, 6.45) is 0.351. The standard InChI is InChI=1S/C20H24BrClN4O4/c1-11(2)26-17(16(18(27)28)24-19(26)21)15(12-3-5-13(22)6-4-12)23-14-7-9-25(10-8-14)20(29)30/h3-6,11,14-15,23H,7-10H2,1-2H3,(H,27,28)(H,29,30). The molecule has 1 saturated heterocycles. The van der Waals surface area contributed by atoms with Gasteiger partial charge in [-0.15, -0.1) is 0 Å². The highest BCUT2D eigenvalue weighted by Crippen LogP contribution is 2.33. The third-order valence-electron chi connectivity index (χ3n) is 5.27. The highest BCUT2D eigenvalue weighted by molar-refractivity contribution is 9.10. The molecule has 8 nitrogen and oxygen atoms in total. The van der Waals surface area contributed by atoms with Crippen LogP contribution in [0.4, 0.5) is 4.79 Å². The predicted octanol–water partition coefficient (Wildman–Crippen LogP) is 4.40. The normalized spacial score (nSPS) is 16.1. The molecule has 1 fully saturated rings. The van der Waals surface area contributed by atoms with Gasteiger partial charge in [0.15, 0.2) is 10.4 Å². The highest BCUT2D eigenvalue weighted by atomic mass is 79.9. The summed E-state index contributed by atoms with van der Waals surface area (Å²) in [6, 6.07) is 6.81. The first-order chi connectivity index (χ1) is 14.2. The van der Waals surface area contributed by atoms with Crippen LogP contribution in [-0.4, -0.2) is 55.9 Å². The van der Waals surface area contributed by atoms with Crippen molar-refractivity contribution in [1.82, 2.24) is 19.8 Å². The van der Waals surface area contributed by atoms with Gasteiger partial charge in [-0.3, -0.25) is 0 Å². The maximum absolute atomic E-state index is 12.0. The van der Waals surface area contributed by atoms with Crippen molar-refractivity contribution in [2.45, 2.75) is 44.8 Å². The van der Waals surface area contributed by atoms with Crippen molar-refractivity contribution in [2.75, 3.05) is 13.1 Å². The fourth-order valence-electron chi connectivity index (χ4n) is 3.80. The number of nitrogens with one attached hydrogen (secondary N) is 1. The molecule has 0 radical (unpaired) electrons. The fourth-order valence-corrected chi connectivity index (χ4v) is 4.71. The Bertz CT molecular complexity index is 924. The van der Waals surface area contributed by atoms with Crippen molar-refractivity contribution in [2.24, 2.45) is 0 Å². The zero-order chi connectivity index (χ0) is 22.0. The van der Waals surface area contributed by atoms with Crippen LogP contribution in [0.1, 0.15) is 60.5 Å². The Morgan fingerprint density at radius 3 is 2.30 bits per heavy atom. The smallest absolute Gasteiger partial charge is 0.407 e. The Labute approximate surface area is 188 Å². The van der Waals surface area contributed by atoms with Crippen LogP contribution in [0.3, 0.4) is 0 Å². The average molecular weight is 500 g/mol.